The Morgan fingerprint density at radius 2 is 1.65 bits per heavy atom. The Kier molecular flexibility index (Phi) is 6.47. The summed E-state index contributed by atoms with van der Waals surface area (Å²) in [5.41, 5.74) is 2.97. The van der Waals surface area contributed by atoms with Crippen molar-refractivity contribution in [3.63, 3.8) is 0 Å². The molecule has 174 valence electrons. The van der Waals surface area contributed by atoms with E-state index >= 15 is 0 Å². The highest BCUT2D eigenvalue weighted by molar-refractivity contribution is 5.96. The van der Waals surface area contributed by atoms with Crippen molar-refractivity contribution >= 4 is 22.6 Å². The van der Waals surface area contributed by atoms with Crippen LogP contribution in [0.25, 0.3) is 11.0 Å². The van der Waals surface area contributed by atoms with Gasteiger partial charge in [-0.25, -0.2) is 4.98 Å². The number of benzene rings is 3. The first-order valence-electron chi connectivity index (χ1n) is 11.9. The summed E-state index contributed by atoms with van der Waals surface area (Å²) in [6.07, 6.45) is 1.31. The highest BCUT2D eigenvalue weighted by Crippen LogP contribution is 2.34. The minimum atomic E-state index is 0.0431. The van der Waals surface area contributed by atoms with E-state index in [1.807, 2.05) is 84.6 Å². The second-order valence-corrected chi connectivity index (χ2v) is 8.46. The van der Waals surface area contributed by atoms with Gasteiger partial charge in [0.05, 0.1) is 24.2 Å². The van der Waals surface area contributed by atoms with Crippen LogP contribution in [0.3, 0.4) is 0 Å². The number of aromatic nitrogens is 2. The summed E-state index contributed by atoms with van der Waals surface area (Å²) < 4.78 is 13.7. The molecule has 1 atom stereocenters. The first-order chi connectivity index (χ1) is 16.7. The molecular weight excluding hydrogens is 426 g/mol. The van der Waals surface area contributed by atoms with Crippen LogP contribution < -0.4 is 14.4 Å². The van der Waals surface area contributed by atoms with Crippen LogP contribution in [0.2, 0.25) is 0 Å². The fourth-order valence-electron chi connectivity index (χ4n) is 4.59. The monoisotopic (exact) mass is 455 g/mol. The SMILES string of the molecule is CCOc1ccc(N2C[C@@H](c3nc4ccccc4n3CCCOc3ccccc3)CC2=O)cc1. The van der Waals surface area contributed by atoms with Gasteiger partial charge in [-0.3, -0.25) is 4.79 Å². The molecule has 34 heavy (non-hydrogen) atoms. The molecule has 5 rings (SSSR count). The maximum Gasteiger partial charge on any atom is 0.227 e. The van der Waals surface area contributed by atoms with Gasteiger partial charge in [0.2, 0.25) is 5.91 Å². The molecule has 0 unspecified atom stereocenters. The number of aryl methyl sites for hydroxylation is 1. The molecule has 0 bridgehead atoms. The molecule has 1 saturated heterocycles. The van der Waals surface area contributed by atoms with Crippen LogP contribution in [-0.4, -0.2) is 35.2 Å². The Balaban J connectivity index is 1.33. The zero-order chi connectivity index (χ0) is 23.3. The van der Waals surface area contributed by atoms with E-state index in [0.717, 1.165) is 47.0 Å². The predicted octanol–water partition coefficient (Wildman–Crippen LogP) is 5.42. The minimum Gasteiger partial charge on any atom is -0.494 e. The Morgan fingerprint density at radius 3 is 2.44 bits per heavy atom. The molecule has 0 spiro atoms. The molecule has 0 N–H and O–H groups in total. The predicted molar refractivity (Wildman–Crippen MR) is 134 cm³/mol. The summed E-state index contributed by atoms with van der Waals surface area (Å²) >= 11 is 0. The van der Waals surface area contributed by atoms with Crippen molar-refractivity contribution < 1.29 is 14.3 Å². The van der Waals surface area contributed by atoms with Crippen LogP contribution >= 0.6 is 0 Å². The van der Waals surface area contributed by atoms with Gasteiger partial charge >= 0.3 is 0 Å². The van der Waals surface area contributed by atoms with Crippen molar-refractivity contribution in [1.29, 1.82) is 0 Å². The standard InChI is InChI=1S/C28H29N3O3/c1-2-33-24-15-13-22(14-16-24)31-20-21(19-27(31)32)28-29-25-11-6-7-12-26(25)30(28)17-8-18-34-23-9-4-3-5-10-23/h3-7,9-16,21H,2,8,17-20H2,1H3/t21-/m0/s1. The molecule has 1 amide bonds. The Hall–Kier alpha value is -3.80. The molecule has 4 aromatic rings. The number of anilines is 1. The molecule has 1 aliphatic rings. The lowest BCUT2D eigenvalue weighted by Gasteiger charge is -2.18. The molecule has 0 aliphatic carbocycles. The molecule has 1 aliphatic heterocycles. The molecule has 1 aromatic heterocycles. The zero-order valence-electron chi connectivity index (χ0n) is 19.4. The van der Waals surface area contributed by atoms with E-state index in [0.29, 0.717) is 26.2 Å². The topological polar surface area (TPSA) is 56.6 Å². The number of rotatable bonds is 9. The van der Waals surface area contributed by atoms with Crippen LogP contribution in [0.1, 0.15) is 31.5 Å². The molecule has 6 nitrogen and oxygen atoms in total. The maximum absolute atomic E-state index is 13.0. The lowest BCUT2D eigenvalue weighted by molar-refractivity contribution is -0.117. The van der Waals surface area contributed by atoms with Crippen molar-refractivity contribution in [2.45, 2.75) is 32.2 Å². The van der Waals surface area contributed by atoms with Gasteiger partial charge in [-0.1, -0.05) is 30.3 Å². The van der Waals surface area contributed by atoms with Crippen LogP contribution in [0.15, 0.2) is 78.9 Å². The van der Waals surface area contributed by atoms with Crippen molar-refractivity contribution in [3.8, 4) is 11.5 Å². The van der Waals surface area contributed by atoms with Crippen LogP contribution in [-0.2, 0) is 11.3 Å². The van der Waals surface area contributed by atoms with Gasteiger partial charge in [-0.05, 0) is 61.9 Å². The van der Waals surface area contributed by atoms with Crippen molar-refractivity contribution in [2.24, 2.45) is 0 Å². The Morgan fingerprint density at radius 1 is 0.912 bits per heavy atom. The summed E-state index contributed by atoms with van der Waals surface area (Å²) in [4.78, 5) is 19.8. The third-order valence-electron chi connectivity index (χ3n) is 6.17. The van der Waals surface area contributed by atoms with Crippen LogP contribution in [0.4, 0.5) is 5.69 Å². The van der Waals surface area contributed by atoms with E-state index in [4.69, 9.17) is 14.5 Å². The summed E-state index contributed by atoms with van der Waals surface area (Å²) in [6.45, 7) is 4.62. The lowest BCUT2D eigenvalue weighted by atomic mass is 10.1. The number of para-hydroxylation sites is 3. The molecule has 0 radical (unpaired) electrons. The highest BCUT2D eigenvalue weighted by Gasteiger charge is 2.34. The van der Waals surface area contributed by atoms with Gasteiger partial charge in [-0.15, -0.1) is 0 Å². The first-order valence-corrected chi connectivity index (χ1v) is 11.9. The van der Waals surface area contributed by atoms with Crippen molar-refractivity contribution in [2.75, 3.05) is 24.7 Å². The molecule has 6 heteroatoms. The molecule has 3 aromatic carbocycles. The fraction of sp³-hybridized carbons (Fsp3) is 0.286. The number of carbonyl (C=O) groups is 1. The average Bonchev–Trinajstić information content (AvgIpc) is 3.44. The third kappa shape index (κ3) is 4.62. The number of hydrogen-bond acceptors (Lipinski definition) is 4. The number of imidazole rings is 1. The number of hydrogen-bond donors (Lipinski definition) is 0. The van der Waals surface area contributed by atoms with E-state index < -0.39 is 0 Å². The van der Waals surface area contributed by atoms with Gasteiger partial charge in [-0.2, -0.15) is 0 Å². The molecule has 2 heterocycles. The van der Waals surface area contributed by atoms with E-state index in [1.54, 1.807) is 0 Å². The van der Waals surface area contributed by atoms with E-state index in [-0.39, 0.29) is 11.8 Å². The largest absolute Gasteiger partial charge is 0.494 e. The number of nitrogens with zero attached hydrogens (tertiary/aromatic N) is 3. The van der Waals surface area contributed by atoms with Gasteiger partial charge < -0.3 is 18.9 Å². The normalized spacial score (nSPS) is 15.7. The van der Waals surface area contributed by atoms with Gasteiger partial charge in [0, 0.05) is 31.1 Å². The molecule has 0 saturated carbocycles. The number of amides is 1. The van der Waals surface area contributed by atoms with Crippen LogP contribution in [0.5, 0.6) is 11.5 Å². The Bertz CT molecular complexity index is 1250. The number of carbonyl (C=O) groups excluding carboxylic acids is 1. The molecule has 1 fully saturated rings. The molecular formula is C28H29N3O3. The second kappa shape index (κ2) is 10.00. The van der Waals surface area contributed by atoms with Crippen molar-refractivity contribution in [3.05, 3.63) is 84.7 Å². The second-order valence-electron chi connectivity index (χ2n) is 8.46. The van der Waals surface area contributed by atoms with Gasteiger partial charge in [0.1, 0.15) is 17.3 Å². The van der Waals surface area contributed by atoms with E-state index in [1.165, 1.54) is 0 Å². The first kappa shape index (κ1) is 22.0. The maximum atomic E-state index is 13.0. The zero-order valence-corrected chi connectivity index (χ0v) is 19.4. The Labute approximate surface area is 199 Å². The summed E-state index contributed by atoms with van der Waals surface area (Å²) in [6, 6.07) is 25.8. The lowest BCUT2D eigenvalue weighted by Crippen LogP contribution is -2.24. The number of fused-ring (bicyclic) bond motifs is 1. The van der Waals surface area contributed by atoms with Crippen molar-refractivity contribution in [1.82, 2.24) is 9.55 Å². The minimum absolute atomic E-state index is 0.0431. The summed E-state index contributed by atoms with van der Waals surface area (Å²) in [5, 5.41) is 0. The quantitative estimate of drug-likeness (QED) is 0.316. The van der Waals surface area contributed by atoms with E-state index in [2.05, 4.69) is 10.6 Å². The number of ether oxygens (including phenoxy) is 2. The third-order valence-corrected chi connectivity index (χ3v) is 6.17. The van der Waals surface area contributed by atoms with Gasteiger partial charge in [0.15, 0.2) is 0 Å². The van der Waals surface area contributed by atoms with E-state index in [9.17, 15) is 4.79 Å². The van der Waals surface area contributed by atoms with Gasteiger partial charge in [0.25, 0.3) is 0 Å². The smallest absolute Gasteiger partial charge is 0.227 e. The summed E-state index contributed by atoms with van der Waals surface area (Å²) in [7, 11) is 0. The summed E-state index contributed by atoms with van der Waals surface area (Å²) in [5.74, 6) is 2.84. The highest BCUT2D eigenvalue weighted by atomic mass is 16.5. The fourth-order valence-corrected chi connectivity index (χ4v) is 4.59. The van der Waals surface area contributed by atoms with Crippen LogP contribution in [0, 0.1) is 0 Å². The average molecular weight is 456 g/mol.